The predicted molar refractivity (Wildman–Crippen MR) is 110 cm³/mol. The molecule has 8 heteroatoms. The van der Waals surface area contributed by atoms with Crippen LogP contribution in [0.15, 0.2) is 23.8 Å². The Labute approximate surface area is 201 Å². The molecule has 0 amide bonds. The van der Waals surface area contributed by atoms with Crippen molar-refractivity contribution in [1.82, 2.24) is 0 Å². The first-order valence-corrected chi connectivity index (χ1v) is 11.6. The fraction of sp³-hybridized carbons (Fsp3) is 0.591. The van der Waals surface area contributed by atoms with Gasteiger partial charge in [-0.15, -0.1) is 0 Å². The average molecular weight is 445 g/mol. The van der Waals surface area contributed by atoms with Crippen LogP contribution in [0.25, 0.3) is 6.08 Å². The molecule has 2 aliphatic rings. The summed E-state index contributed by atoms with van der Waals surface area (Å²) in [4.78, 5) is 13.3. The fourth-order valence-corrected chi connectivity index (χ4v) is 6.23. The number of Topliss-reactive ketones (excluding diaryl/α,β-unsaturated/α-hetero) is 1. The van der Waals surface area contributed by atoms with Gasteiger partial charge >= 0.3 is 29.6 Å². The van der Waals surface area contributed by atoms with E-state index in [0.29, 0.717) is 36.5 Å². The van der Waals surface area contributed by atoms with Crippen molar-refractivity contribution in [1.29, 1.82) is 0 Å². The van der Waals surface area contributed by atoms with E-state index in [1.54, 1.807) is 7.11 Å². The summed E-state index contributed by atoms with van der Waals surface area (Å²) in [5, 5.41) is 0. The number of fused-ring (bicyclic) bond motifs is 2. The van der Waals surface area contributed by atoms with Crippen molar-refractivity contribution in [2.24, 2.45) is 16.7 Å². The first-order chi connectivity index (χ1) is 13.6. The zero-order valence-corrected chi connectivity index (χ0v) is 21.3. The zero-order chi connectivity index (χ0) is 21.4. The Kier molecular flexibility index (Phi) is 7.90. The number of ether oxygens (including phenoxy) is 2. The standard InChI is InChI=1S/C22H30O6S.Na/c1-5-6-11-28-18-8-7-15(13-19(18)27-4)12-16-17-9-10-22(20(16)23,21(17,2)3)14-29(24,25)26;/h7-8,12-13,17H,5-6,9-11,14H2,1-4H3,(H,24,25,26);/q;+1/p-1. The van der Waals surface area contributed by atoms with Gasteiger partial charge < -0.3 is 14.0 Å². The number of hydrogen-bond donors (Lipinski definition) is 0. The summed E-state index contributed by atoms with van der Waals surface area (Å²) >= 11 is 0. The molecule has 3 rings (SSSR count). The molecule has 1 aromatic carbocycles. The molecular weight excluding hydrogens is 415 g/mol. The molecule has 2 saturated carbocycles. The Balaban J connectivity index is 0.00000320. The fourth-order valence-electron chi connectivity index (χ4n) is 4.98. The van der Waals surface area contributed by atoms with Gasteiger partial charge in [0.15, 0.2) is 17.3 Å². The molecule has 0 N–H and O–H groups in total. The number of rotatable bonds is 8. The van der Waals surface area contributed by atoms with Crippen molar-refractivity contribution in [2.45, 2.75) is 46.5 Å². The van der Waals surface area contributed by atoms with Crippen molar-refractivity contribution in [3.05, 3.63) is 29.3 Å². The van der Waals surface area contributed by atoms with Gasteiger partial charge in [0, 0.05) is 5.57 Å². The second kappa shape index (κ2) is 9.33. The number of unbranched alkanes of at least 4 members (excludes halogenated alkanes) is 1. The second-order valence-electron chi connectivity index (χ2n) is 8.64. The summed E-state index contributed by atoms with van der Waals surface area (Å²) < 4.78 is 45.8. The van der Waals surface area contributed by atoms with Gasteiger partial charge in [0.1, 0.15) is 0 Å². The third-order valence-electron chi connectivity index (χ3n) is 6.73. The molecule has 2 bridgehead atoms. The minimum absolute atomic E-state index is 0. The van der Waals surface area contributed by atoms with Crippen LogP contribution in [0.3, 0.4) is 0 Å². The van der Waals surface area contributed by atoms with Crippen molar-refractivity contribution in [2.75, 3.05) is 19.5 Å². The molecule has 2 fully saturated rings. The van der Waals surface area contributed by atoms with Gasteiger partial charge in [0.25, 0.3) is 0 Å². The summed E-state index contributed by atoms with van der Waals surface area (Å²) in [6.45, 7) is 6.50. The number of allylic oxidation sites excluding steroid dienone is 1. The first-order valence-electron chi connectivity index (χ1n) is 10.1. The molecule has 1 aromatic rings. The SMILES string of the molecule is CCCCOc1ccc(C=C2C(=O)C3(CS(=O)(=O)[O-])CCC2C3(C)C)cc1OC.[Na+]. The number of carbonyl (C=O) groups excluding carboxylic acids is 1. The van der Waals surface area contributed by atoms with Crippen molar-refractivity contribution in [3.8, 4) is 11.5 Å². The van der Waals surface area contributed by atoms with Gasteiger partial charge in [-0.05, 0) is 54.4 Å². The Bertz CT molecular complexity index is 937. The number of ketones is 1. The van der Waals surface area contributed by atoms with Crippen molar-refractivity contribution >= 4 is 22.0 Å². The third-order valence-corrected chi connectivity index (χ3v) is 7.57. The summed E-state index contributed by atoms with van der Waals surface area (Å²) in [7, 11) is -2.95. The molecule has 0 heterocycles. The van der Waals surface area contributed by atoms with E-state index in [0.717, 1.165) is 18.4 Å². The summed E-state index contributed by atoms with van der Waals surface area (Å²) in [5.41, 5.74) is -0.305. The molecule has 0 radical (unpaired) electrons. The van der Waals surface area contributed by atoms with E-state index in [4.69, 9.17) is 9.47 Å². The second-order valence-corrected chi connectivity index (χ2v) is 10.0. The summed E-state index contributed by atoms with van der Waals surface area (Å²) in [6, 6.07) is 5.50. The molecule has 2 aliphatic carbocycles. The molecule has 0 spiro atoms. The van der Waals surface area contributed by atoms with Crippen LogP contribution >= 0.6 is 0 Å². The van der Waals surface area contributed by atoms with E-state index in [2.05, 4.69) is 6.92 Å². The van der Waals surface area contributed by atoms with E-state index >= 15 is 0 Å². The van der Waals surface area contributed by atoms with Crippen molar-refractivity contribution in [3.63, 3.8) is 0 Å². The van der Waals surface area contributed by atoms with Crippen LogP contribution in [-0.4, -0.2) is 38.2 Å². The molecule has 2 unspecified atom stereocenters. The minimum atomic E-state index is -4.51. The van der Waals surface area contributed by atoms with Crippen LogP contribution < -0.4 is 39.0 Å². The van der Waals surface area contributed by atoms with Crippen LogP contribution in [0, 0.1) is 16.7 Å². The van der Waals surface area contributed by atoms with E-state index < -0.39 is 26.7 Å². The van der Waals surface area contributed by atoms with Gasteiger partial charge in [0.2, 0.25) is 0 Å². The van der Waals surface area contributed by atoms with Crippen LogP contribution in [-0.2, 0) is 14.9 Å². The Hall–Kier alpha value is -0.860. The molecule has 0 aliphatic heterocycles. The summed E-state index contributed by atoms with van der Waals surface area (Å²) in [6.07, 6.45) is 4.94. The van der Waals surface area contributed by atoms with Gasteiger partial charge in [-0.1, -0.05) is 33.3 Å². The zero-order valence-electron chi connectivity index (χ0n) is 18.5. The van der Waals surface area contributed by atoms with E-state index in [1.807, 2.05) is 38.1 Å². The first kappa shape index (κ1) is 25.4. The molecule has 2 atom stereocenters. The van der Waals surface area contributed by atoms with Gasteiger partial charge in [0.05, 0.1) is 35.0 Å². The van der Waals surface area contributed by atoms with Crippen LogP contribution in [0.2, 0.25) is 0 Å². The van der Waals surface area contributed by atoms with Crippen molar-refractivity contribution < 1.29 is 56.8 Å². The van der Waals surface area contributed by atoms with Gasteiger partial charge in [-0.3, -0.25) is 4.79 Å². The normalized spacial score (nSPS) is 26.0. The number of carbonyl (C=O) groups is 1. The maximum absolute atomic E-state index is 13.3. The molecular formula is C22H29NaO6S. The topological polar surface area (TPSA) is 92.7 Å². The quantitative estimate of drug-likeness (QED) is 0.255. The molecule has 0 saturated heterocycles. The van der Waals surface area contributed by atoms with Gasteiger partial charge in [-0.25, -0.2) is 8.42 Å². The smallest absolute Gasteiger partial charge is 0.748 e. The van der Waals surface area contributed by atoms with Crippen LogP contribution in [0.1, 0.15) is 52.0 Å². The van der Waals surface area contributed by atoms with Crippen LogP contribution in [0.4, 0.5) is 0 Å². The number of benzene rings is 1. The molecule has 30 heavy (non-hydrogen) atoms. The Morgan fingerprint density at radius 3 is 2.57 bits per heavy atom. The molecule has 160 valence electrons. The van der Waals surface area contributed by atoms with Gasteiger partial charge in [-0.2, -0.15) is 0 Å². The summed E-state index contributed by atoms with van der Waals surface area (Å²) in [5.74, 6) is 0.329. The van der Waals surface area contributed by atoms with E-state index in [9.17, 15) is 17.8 Å². The molecule has 6 nitrogen and oxygen atoms in total. The van der Waals surface area contributed by atoms with E-state index in [-0.39, 0.29) is 41.3 Å². The largest absolute Gasteiger partial charge is 1.00 e. The number of methoxy groups -OCH3 is 1. The minimum Gasteiger partial charge on any atom is -0.748 e. The maximum atomic E-state index is 13.3. The molecule has 0 aromatic heterocycles. The third kappa shape index (κ3) is 4.51. The maximum Gasteiger partial charge on any atom is 1.00 e. The predicted octanol–water partition coefficient (Wildman–Crippen LogP) is 0.812. The Morgan fingerprint density at radius 1 is 1.27 bits per heavy atom. The monoisotopic (exact) mass is 444 g/mol. The number of hydrogen-bond acceptors (Lipinski definition) is 6. The van der Waals surface area contributed by atoms with Crippen LogP contribution in [0.5, 0.6) is 11.5 Å². The van der Waals surface area contributed by atoms with E-state index in [1.165, 1.54) is 0 Å². The Morgan fingerprint density at radius 2 is 1.97 bits per heavy atom. The average Bonchev–Trinajstić information content (AvgIpc) is 2.96.